The molecule has 0 aliphatic carbocycles. The molecular formula is C5H13N3O3S. The van der Waals surface area contributed by atoms with Crippen LogP contribution >= 0.6 is 0 Å². The summed E-state index contributed by atoms with van der Waals surface area (Å²) >= 11 is 0. The monoisotopic (exact) mass is 195 g/mol. The molecule has 0 unspecified atom stereocenters. The van der Waals surface area contributed by atoms with E-state index in [1.165, 1.54) is 7.05 Å². The van der Waals surface area contributed by atoms with E-state index in [0.29, 0.717) is 0 Å². The van der Waals surface area contributed by atoms with Crippen molar-refractivity contribution in [2.75, 3.05) is 7.05 Å². The average molecular weight is 195 g/mol. The smallest absolute Gasteiger partial charge is 0.329 e. The topological polar surface area (TPSA) is 87.3 Å². The van der Waals surface area contributed by atoms with E-state index in [0.717, 1.165) is 0 Å². The van der Waals surface area contributed by atoms with Crippen molar-refractivity contribution in [1.29, 1.82) is 0 Å². The van der Waals surface area contributed by atoms with Crippen LogP contribution in [0.3, 0.4) is 0 Å². The zero-order valence-electron chi connectivity index (χ0n) is 7.21. The highest BCUT2D eigenvalue weighted by Crippen LogP contribution is 1.78. The first-order valence-electron chi connectivity index (χ1n) is 3.39. The standard InChI is InChI=1S/C5H13N3O3S/c1-4(2)7-5(9)8-12(10,11)6-3/h4,6H,1-3H3,(H2,7,8,9). The van der Waals surface area contributed by atoms with Crippen LogP contribution in [0.25, 0.3) is 0 Å². The minimum atomic E-state index is -3.68. The number of hydrogen-bond donors (Lipinski definition) is 3. The highest BCUT2D eigenvalue weighted by atomic mass is 32.2. The van der Waals surface area contributed by atoms with Gasteiger partial charge in [-0.05, 0) is 13.8 Å². The summed E-state index contributed by atoms with van der Waals surface area (Å²) in [5.74, 6) is 0. The normalized spacial score (nSPS) is 11.3. The minimum Gasteiger partial charge on any atom is -0.335 e. The molecule has 0 saturated carbocycles. The minimum absolute atomic E-state index is 0.0999. The van der Waals surface area contributed by atoms with Crippen LogP contribution in [-0.2, 0) is 10.2 Å². The summed E-state index contributed by atoms with van der Waals surface area (Å²) in [6.07, 6.45) is 0. The maximum Gasteiger partial charge on any atom is 0.329 e. The van der Waals surface area contributed by atoms with Gasteiger partial charge in [-0.15, -0.1) is 0 Å². The van der Waals surface area contributed by atoms with Crippen LogP contribution < -0.4 is 14.8 Å². The van der Waals surface area contributed by atoms with Gasteiger partial charge in [-0.25, -0.2) is 14.2 Å². The van der Waals surface area contributed by atoms with Crippen LogP contribution in [0.2, 0.25) is 0 Å². The van der Waals surface area contributed by atoms with E-state index in [9.17, 15) is 13.2 Å². The van der Waals surface area contributed by atoms with Crippen molar-refractivity contribution in [2.45, 2.75) is 19.9 Å². The second-order valence-electron chi connectivity index (χ2n) is 2.44. The van der Waals surface area contributed by atoms with Crippen LogP contribution in [0.5, 0.6) is 0 Å². The third-order valence-corrected chi connectivity index (χ3v) is 1.91. The summed E-state index contributed by atoms with van der Waals surface area (Å²) in [5, 5.41) is 2.36. The fraction of sp³-hybridized carbons (Fsp3) is 0.800. The second kappa shape index (κ2) is 4.27. The van der Waals surface area contributed by atoms with Gasteiger partial charge in [-0.3, -0.25) is 0 Å². The van der Waals surface area contributed by atoms with Gasteiger partial charge < -0.3 is 5.32 Å². The SMILES string of the molecule is CNS(=O)(=O)NC(=O)NC(C)C. The van der Waals surface area contributed by atoms with Crippen molar-refractivity contribution in [1.82, 2.24) is 14.8 Å². The molecular weight excluding hydrogens is 182 g/mol. The Balaban J connectivity index is 4.02. The molecule has 0 fully saturated rings. The molecule has 72 valence electrons. The highest BCUT2D eigenvalue weighted by molar-refractivity contribution is 7.88. The first kappa shape index (κ1) is 11.2. The van der Waals surface area contributed by atoms with Gasteiger partial charge in [0.1, 0.15) is 0 Å². The van der Waals surface area contributed by atoms with E-state index in [1.54, 1.807) is 18.6 Å². The van der Waals surface area contributed by atoms with Crippen LogP contribution in [0.15, 0.2) is 0 Å². The van der Waals surface area contributed by atoms with E-state index < -0.39 is 16.2 Å². The zero-order chi connectivity index (χ0) is 9.78. The Bertz CT molecular complexity index is 247. The lowest BCUT2D eigenvalue weighted by Gasteiger charge is -2.09. The van der Waals surface area contributed by atoms with E-state index in [1.807, 2.05) is 4.72 Å². The van der Waals surface area contributed by atoms with Crippen LogP contribution in [0.1, 0.15) is 13.8 Å². The largest absolute Gasteiger partial charge is 0.335 e. The van der Waals surface area contributed by atoms with Crippen LogP contribution in [-0.4, -0.2) is 27.5 Å². The molecule has 0 atom stereocenters. The molecule has 12 heavy (non-hydrogen) atoms. The zero-order valence-corrected chi connectivity index (χ0v) is 8.03. The molecule has 0 aromatic carbocycles. The van der Waals surface area contributed by atoms with E-state index in [-0.39, 0.29) is 6.04 Å². The molecule has 0 aliphatic heterocycles. The van der Waals surface area contributed by atoms with Gasteiger partial charge in [0, 0.05) is 13.1 Å². The number of hydrogen-bond acceptors (Lipinski definition) is 3. The van der Waals surface area contributed by atoms with Gasteiger partial charge in [0.2, 0.25) is 0 Å². The highest BCUT2D eigenvalue weighted by Gasteiger charge is 2.11. The van der Waals surface area contributed by atoms with E-state index in [2.05, 4.69) is 5.32 Å². The number of amides is 2. The van der Waals surface area contributed by atoms with E-state index in [4.69, 9.17) is 0 Å². The van der Waals surface area contributed by atoms with Gasteiger partial charge in [0.25, 0.3) is 0 Å². The third-order valence-electron chi connectivity index (χ3n) is 0.916. The van der Waals surface area contributed by atoms with Gasteiger partial charge in [0.15, 0.2) is 0 Å². The molecule has 2 amide bonds. The summed E-state index contributed by atoms with van der Waals surface area (Å²) in [6, 6.07) is -0.837. The molecule has 3 N–H and O–H groups in total. The predicted octanol–water partition coefficient (Wildman–Crippen LogP) is -0.842. The van der Waals surface area contributed by atoms with Crippen LogP contribution in [0.4, 0.5) is 4.79 Å². The molecule has 0 bridgehead atoms. The Hall–Kier alpha value is -0.820. The summed E-state index contributed by atoms with van der Waals surface area (Å²) in [5.41, 5.74) is 0. The third kappa shape index (κ3) is 4.91. The molecule has 7 heteroatoms. The van der Waals surface area contributed by atoms with Crippen molar-refractivity contribution in [3.8, 4) is 0 Å². The molecule has 0 spiro atoms. The number of carbonyl (C=O) groups is 1. The Labute approximate surface area is 71.9 Å². The molecule has 0 aliphatic rings. The van der Waals surface area contributed by atoms with Crippen molar-refractivity contribution in [3.63, 3.8) is 0 Å². The Morgan fingerprint density at radius 3 is 2.17 bits per heavy atom. The fourth-order valence-corrected chi connectivity index (χ4v) is 0.870. The summed E-state index contributed by atoms with van der Waals surface area (Å²) in [6.45, 7) is 3.46. The molecule has 0 saturated heterocycles. The molecule has 0 aromatic rings. The lowest BCUT2D eigenvalue weighted by atomic mass is 10.4. The quantitative estimate of drug-likeness (QED) is 0.548. The molecule has 0 aromatic heterocycles. The number of urea groups is 1. The fourth-order valence-electron chi connectivity index (χ4n) is 0.465. The number of carbonyl (C=O) groups excluding carboxylic acids is 1. The summed E-state index contributed by atoms with van der Waals surface area (Å²) in [4.78, 5) is 10.8. The second-order valence-corrected chi connectivity index (χ2v) is 4.06. The summed E-state index contributed by atoms with van der Waals surface area (Å²) < 4.78 is 25.1. The average Bonchev–Trinajstić information content (AvgIpc) is 1.84. The van der Waals surface area contributed by atoms with Crippen LogP contribution in [0, 0.1) is 0 Å². The van der Waals surface area contributed by atoms with Gasteiger partial charge in [0.05, 0.1) is 0 Å². The van der Waals surface area contributed by atoms with Crippen molar-refractivity contribution >= 4 is 16.2 Å². The Morgan fingerprint density at radius 2 is 1.83 bits per heavy atom. The van der Waals surface area contributed by atoms with Crippen molar-refractivity contribution < 1.29 is 13.2 Å². The first-order valence-corrected chi connectivity index (χ1v) is 4.87. The lowest BCUT2D eigenvalue weighted by molar-refractivity contribution is 0.243. The van der Waals surface area contributed by atoms with Gasteiger partial charge in [-0.2, -0.15) is 8.42 Å². The first-order chi connectivity index (χ1) is 5.37. The Morgan fingerprint density at radius 1 is 1.33 bits per heavy atom. The maximum absolute atomic E-state index is 10.8. The van der Waals surface area contributed by atoms with E-state index >= 15 is 0 Å². The van der Waals surface area contributed by atoms with Crippen molar-refractivity contribution in [2.24, 2.45) is 0 Å². The molecule has 0 heterocycles. The Kier molecular flexibility index (Phi) is 3.98. The molecule has 0 radical (unpaired) electrons. The summed E-state index contributed by atoms with van der Waals surface area (Å²) in [7, 11) is -2.46. The number of rotatable bonds is 3. The molecule has 6 nitrogen and oxygen atoms in total. The lowest BCUT2D eigenvalue weighted by Crippen LogP contribution is -2.46. The van der Waals surface area contributed by atoms with Gasteiger partial charge >= 0.3 is 16.2 Å². The maximum atomic E-state index is 10.8. The van der Waals surface area contributed by atoms with Crippen molar-refractivity contribution in [3.05, 3.63) is 0 Å². The molecule has 0 rings (SSSR count). The number of nitrogens with one attached hydrogen (secondary N) is 3. The predicted molar refractivity (Wildman–Crippen MR) is 44.8 cm³/mol. The van der Waals surface area contributed by atoms with Gasteiger partial charge in [-0.1, -0.05) is 0 Å².